The van der Waals surface area contributed by atoms with E-state index in [-0.39, 0.29) is 5.91 Å². The van der Waals surface area contributed by atoms with Crippen LogP contribution in [0, 0.1) is 20.8 Å². The Hall–Kier alpha value is -1.95. The van der Waals surface area contributed by atoms with E-state index in [4.69, 9.17) is 5.73 Å². The van der Waals surface area contributed by atoms with Gasteiger partial charge in [0.25, 0.3) is 5.91 Å². The fraction of sp³-hybridized carbons (Fsp3) is 0.250. The van der Waals surface area contributed by atoms with Crippen LogP contribution in [0.1, 0.15) is 25.9 Å². The summed E-state index contributed by atoms with van der Waals surface area (Å²) in [4.78, 5) is 21.8. The first-order chi connectivity index (χ1) is 8.45. The first kappa shape index (κ1) is 12.5. The van der Waals surface area contributed by atoms with E-state index >= 15 is 0 Å². The van der Waals surface area contributed by atoms with Crippen molar-refractivity contribution in [1.82, 2.24) is 9.97 Å². The molecule has 2 rings (SSSR count). The number of rotatable bonds is 2. The number of amides is 1. The smallest absolute Gasteiger partial charge is 0.268 e. The summed E-state index contributed by atoms with van der Waals surface area (Å²) in [5.74, 6) is 0.0897. The van der Waals surface area contributed by atoms with Gasteiger partial charge in [-0.3, -0.25) is 10.1 Å². The van der Waals surface area contributed by atoms with Crippen molar-refractivity contribution < 1.29 is 4.79 Å². The van der Waals surface area contributed by atoms with Crippen LogP contribution >= 0.6 is 11.3 Å². The lowest BCUT2D eigenvalue weighted by Crippen LogP contribution is -2.13. The van der Waals surface area contributed by atoms with Gasteiger partial charge >= 0.3 is 0 Å². The molecule has 0 spiro atoms. The molecule has 0 bridgehead atoms. The summed E-state index contributed by atoms with van der Waals surface area (Å²) < 4.78 is 0. The minimum atomic E-state index is -0.232. The predicted molar refractivity (Wildman–Crippen MR) is 72.9 cm³/mol. The molecule has 0 saturated carbocycles. The molecule has 6 heteroatoms. The van der Waals surface area contributed by atoms with E-state index in [1.807, 2.05) is 26.8 Å². The molecular weight excluding hydrogens is 248 g/mol. The fourth-order valence-electron chi connectivity index (χ4n) is 1.55. The molecule has 2 heterocycles. The van der Waals surface area contributed by atoms with E-state index in [0.29, 0.717) is 16.5 Å². The Morgan fingerprint density at radius 1 is 1.22 bits per heavy atom. The van der Waals surface area contributed by atoms with Gasteiger partial charge in [-0.15, -0.1) is 11.3 Å². The number of carbonyl (C=O) groups is 1. The Bertz CT molecular complexity index is 566. The zero-order chi connectivity index (χ0) is 13.3. The Kier molecular flexibility index (Phi) is 3.29. The SMILES string of the molecule is Cc1cc(C)nc(NC(=O)c2cc(N)c(C)s2)n1. The predicted octanol–water partition coefficient (Wildman–Crippen LogP) is 2.30. The standard InChI is InChI=1S/C12H14N4OS/c1-6-4-7(2)15-12(14-6)16-11(17)10-5-9(13)8(3)18-10/h4-5H,13H2,1-3H3,(H,14,15,16,17). The lowest BCUT2D eigenvalue weighted by molar-refractivity contribution is 0.102. The molecule has 0 unspecified atom stereocenters. The molecule has 1 amide bonds. The van der Waals surface area contributed by atoms with E-state index in [2.05, 4.69) is 15.3 Å². The van der Waals surface area contributed by atoms with Gasteiger partial charge in [-0.2, -0.15) is 0 Å². The van der Waals surface area contributed by atoms with Crippen LogP contribution in [-0.2, 0) is 0 Å². The number of aryl methyl sites for hydroxylation is 3. The lowest BCUT2D eigenvalue weighted by atomic mass is 10.3. The Labute approximate surface area is 109 Å². The minimum Gasteiger partial charge on any atom is -0.398 e. The van der Waals surface area contributed by atoms with Gasteiger partial charge in [-0.05, 0) is 32.9 Å². The monoisotopic (exact) mass is 262 g/mol. The number of nitrogens with zero attached hydrogens (tertiary/aromatic N) is 2. The van der Waals surface area contributed by atoms with Gasteiger partial charge in [0, 0.05) is 22.0 Å². The van der Waals surface area contributed by atoms with Gasteiger partial charge in [-0.1, -0.05) is 0 Å². The van der Waals surface area contributed by atoms with Crippen LogP contribution in [-0.4, -0.2) is 15.9 Å². The van der Waals surface area contributed by atoms with E-state index in [1.54, 1.807) is 6.07 Å². The second-order valence-corrected chi connectivity index (χ2v) is 5.31. The molecule has 3 N–H and O–H groups in total. The van der Waals surface area contributed by atoms with Crippen molar-refractivity contribution in [3.8, 4) is 0 Å². The summed E-state index contributed by atoms with van der Waals surface area (Å²) in [6.45, 7) is 5.60. The summed E-state index contributed by atoms with van der Waals surface area (Å²) >= 11 is 1.36. The largest absolute Gasteiger partial charge is 0.398 e. The van der Waals surface area contributed by atoms with Gasteiger partial charge in [0.1, 0.15) is 0 Å². The van der Waals surface area contributed by atoms with Crippen molar-refractivity contribution in [3.63, 3.8) is 0 Å². The highest BCUT2D eigenvalue weighted by atomic mass is 32.1. The zero-order valence-corrected chi connectivity index (χ0v) is 11.3. The van der Waals surface area contributed by atoms with Crippen LogP contribution in [0.2, 0.25) is 0 Å². The molecule has 2 aromatic rings. The summed E-state index contributed by atoms with van der Waals surface area (Å²) in [6.07, 6.45) is 0. The Morgan fingerprint density at radius 2 is 1.83 bits per heavy atom. The van der Waals surface area contributed by atoms with Gasteiger partial charge in [0.05, 0.1) is 4.88 Å². The minimum absolute atomic E-state index is 0.232. The highest BCUT2D eigenvalue weighted by Gasteiger charge is 2.12. The molecule has 94 valence electrons. The molecule has 0 aliphatic rings. The summed E-state index contributed by atoms with van der Waals surface area (Å²) in [5, 5.41) is 2.67. The van der Waals surface area contributed by atoms with Gasteiger partial charge in [0.15, 0.2) is 0 Å². The van der Waals surface area contributed by atoms with Crippen molar-refractivity contribution in [2.24, 2.45) is 0 Å². The molecule has 0 saturated heterocycles. The molecule has 5 nitrogen and oxygen atoms in total. The summed E-state index contributed by atoms with van der Waals surface area (Å²) in [5.41, 5.74) is 7.99. The highest BCUT2D eigenvalue weighted by Crippen LogP contribution is 2.23. The Balaban J connectivity index is 2.21. The number of hydrogen-bond acceptors (Lipinski definition) is 5. The molecule has 0 atom stereocenters. The Morgan fingerprint density at radius 3 is 2.33 bits per heavy atom. The molecule has 0 radical (unpaired) electrons. The van der Waals surface area contributed by atoms with Crippen molar-refractivity contribution in [3.05, 3.63) is 33.3 Å². The maximum absolute atomic E-state index is 12.0. The third-order valence-electron chi connectivity index (χ3n) is 2.39. The number of nitrogen functional groups attached to an aromatic ring is 1. The maximum Gasteiger partial charge on any atom is 0.268 e. The number of anilines is 2. The number of aromatic nitrogens is 2. The molecular formula is C12H14N4OS. The zero-order valence-electron chi connectivity index (χ0n) is 10.4. The van der Waals surface area contributed by atoms with Crippen molar-refractivity contribution in [2.75, 3.05) is 11.1 Å². The second-order valence-electron chi connectivity index (χ2n) is 4.05. The van der Waals surface area contributed by atoms with E-state index in [0.717, 1.165) is 16.3 Å². The van der Waals surface area contributed by atoms with Gasteiger partial charge < -0.3 is 5.73 Å². The van der Waals surface area contributed by atoms with E-state index < -0.39 is 0 Å². The van der Waals surface area contributed by atoms with Gasteiger partial charge in [0.2, 0.25) is 5.95 Å². The van der Waals surface area contributed by atoms with Crippen LogP contribution in [0.25, 0.3) is 0 Å². The lowest BCUT2D eigenvalue weighted by Gasteiger charge is -2.03. The third-order valence-corrected chi connectivity index (χ3v) is 3.45. The molecule has 0 aliphatic carbocycles. The number of hydrogen-bond donors (Lipinski definition) is 2. The van der Waals surface area contributed by atoms with Gasteiger partial charge in [-0.25, -0.2) is 9.97 Å². The quantitative estimate of drug-likeness (QED) is 0.870. The number of carbonyl (C=O) groups excluding carboxylic acids is 1. The average molecular weight is 262 g/mol. The maximum atomic E-state index is 12.0. The van der Waals surface area contributed by atoms with E-state index in [1.165, 1.54) is 11.3 Å². The van der Waals surface area contributed by atoms with Crippen molar-refractivity contribution in [1.29, 1.82) is 0 Å². The summed E-state index contributed by atoms with van der Waals surface area (Å²) in [7, 11) is 0. The highest BCUT2D eigenvalue weighted by molar-refractivity contribution is 7.14. The first-order valence-corrected chi connectivity index (χ1v) is 6.27. The van der Waals surface area contributed by atoms with Crippen LogP contribution in [0.3, 0.4) is 0 Å². The molecule has 2 aromatic heterocycles. The first-order valence-electron chi connectivity index (χ1n) is 5.45. The average Bonchev–Trinajstić information content (AvgIpc) is 2.57. The van der Waals surface area contributed by atoms with Crippen molar-refractivity contribution in [2.45, 2.75) is 20.8 Å². The molecule has 0 aliphatic heterocycles. The number of nitrogens with one attached hydrogen (secondary N) is 1. The summed E-state index contributed by atoms with van der Waals surface area (Å²) in [6, 6.07) is 3.51. The number of nitrogens with two attached hydrogens (primary N) is 1. The molecule has 0 fully saturated rings. The van der Waals surface area contributed by atoms with Crippen LogP contribution in [0.5, 0.6) is 0 Å². The molecule has 18 heavy (non-hydrogen) atoms. The normalized spacial score (nSPS) is 10.4. The topological polar surface area (TPSA) is 80.9 Å². The molecule has 0 aromatic carbocycles. The van der Waals surface area contributed by atoms with Crippen LogP contribution in [0.4, 0.5) is 11.6 Å². The van der Waals surface area contributed by atoms with Crippen molar-refractivity contribution >= 4 is 28.9 Å². The third kappa shape index (κ3) is 2.65. The number of thiophene rings is 1. The fourth-order valence-corrected chi connectivity index (χ4v) is 2.39. The second kappa shape index (κ2) is 4.73. The van der Waals surface area contributed by atoms with E-state index in [9.17, 15) is 4.79 Å². The van der Waals surface area contributed by atoms with Crippen LogP contribution < -0.4 is 11.1 Å². The van der Waals surface area contributed by atoms with Crippen LogP contribution in [0.15, 0.2) is 12.1 Å².